The lowest BCUT2D eigenvalue weighted by Crippen LogP contribution is -1.77. The van der Waals surface area contributed by atoms with Gasteiger partial charge in [-0.1, -0.05) is 30.2 Å². The van der Waals surface area contributed by atoms with Gasteiger partial charge < -0.3 is 0 Å². The molecule has 0 spiro atoms. The second-order valence-electron chi connectivity index (χ2n) is 3.51. The minimum atomic E-state index is 1.01. The van der Waals surface area contributed by atoms with Gasteiger partial charge in [-0.3, -0.25) is 0 Å². The highest BCUT2D eigenvalue weighted by molar-refractivity contribution is 5.01. The quantitative estimate of drug-likeness (QED) is 0.533. The van der Waals surface area contributed by atoms with Gasteiger partial charge in [-0.05, 0) is 46.5 Å². The lowest BCUT2D eigenvalue weighted by Gasteiger charge is -1.97. The number of rotatable bonds is 5. The van der Waals surface area contributed by atoms with Crippen molar-refractivity contribution in [3.8, 4) is 0 Å². The standard InChI is InChI=1S/C12H21/c1-5-6-9-12(4)10-7-8-11(2)3/h8-9H,1,5-7,10H2,2-4H3. The molecule has 0 N–H and O–H groups in total. The van der Waals surface area contributed by atoms with E-state index in [0.29, 0.717) is 0 Å². The molecule has 0 aromatic carbocycles. The topological polar surface area (TPSA) is 0 Å². The summed E-state index contributed by atoms with van der Waals surface area (Å²) >= 11 is 0. The second-order valence-corrected chi connectivity index (χ2v) is 3.51. The zero-order chi connectivity index (χ0) is 9.40. The Morgan fingerprint density at radius 3 is 2.25 bits per heavy atom. The fourth-order valence-corrected chi connectivity index (χ4v) is 1.04. The molecule has 0 heterocycles. The van der Waals surface area contributed by atoms with Crippen molar-refractivity contribution in [1.82, 2.24) is 0 Å². The maximum absolute atomic E-state index is 3.81. The summed E-state index contributed by atoms with van der Waals surface area (Å²) in [5.41, 5.74) is 2.91. The first-order chi connectivity index (χ1) is 5.66. The van der Waals surface area contributed by atoms with Crippen molar-refractivity contribution in [3.63, 3.8) is 0 Å². The third-order valence-corrected chi connectivity index (χ3v) is 1.79. The minimum Gasteiger partial charge on any atom is -0.0856 e. The normalized spacial score (nSPS) is 11.5. The molecular weight excluding hydrogens is 144 g/mol. The number of hydrogen-bond donors (Lipinski definition) is 0. The highest BCUT2D eigenvalue weighted by atomic mass is 13.9. The van der Waals surface area contributed by atoms with E-state index in [1.165, 1.54) is 24.0 Å². The zero-order valence-corrected chi connectivity index (χ0v) is 8.69. The number of hydrogen-bond acceptors (Lipinski definition) is 0. The first-order valence-corrected chi connectivity index (χ1v) is 4.75. The fraction of sp³-hybridized carbons (Fsp3) is 0.583. The molecule has 0 heteroatoms. The predicted molar refractivity (Wildman–Crippen MR) is 57.0 cm³/mol. The average molecular weight is 165 g/mol. The van der Waals surface area contributed by atoms with Crippen LogP contribution in [0.5, 0.6) is 0 Å². The Morgan fingerprint density at radius 1 is 1.08 bits per heavy atom. The van der Waals surface area contributed by atoms with Gasteiger partial charge in [-0.2, -0.15) is 0 Å². The van der Waals surface area contributed by atoms with Crippen LogP contribution >= 0.6 is 0 Å². The van der Waals surface area contributed by atoms with Gasteiger partial charge in [0.05, 0.1) is 0 Å². The summed E-state index contributed by atoms with van der Waals surface area (Å²) in [4.78, 5) is 0. The summed E-state index contributed by atoms with van der Waals surface area (Å²) in [6.45, 7) is 10.3. The van der Waals surface area contributed by atoms with Crippen molar-refractivity contribution in [3.05, 3.63) is 30.2 Å². The van der Waals surface area contributed by atoms with Crippen molar-refractivity contribution in [2.45, 2.75) is 46.5 Å². The van der Waals surface area contributed by atoms with Gasteiger partial charge in [0.25, 0.3) is 0 Å². The van der Waals surface area contributed by atoms with E-state index in [4.69, 9.17) is 0 Å². The van der Waals surface area contributed by atoms with E-state index in [-0.39, 0.29) is 0 Å². The van der Waals surface area contributed by atoms with Crippen LogP contribution in [0.1, 0.15) is 46.5 Å². The molecule has 0 aromatic rings. The van der Waals surface area contributed by atoms with Crippen LogP contribution in [-0.4, -0.2) is 0 Å². The van der Waals surface area contributed by atoms with Crippen molar-refractivity contribution < 1.29 is 0 Å². The molecule has 0 aromatic heterocycles. The molecule has 0 amide bonds. The predicted octanol–water partition coefficient (Wildman–Crippen LogP) is 4.29. The van der Waals surface area contributed by atoms with Crippen molar-refractivity contribution in [2.75, 3.05) is 0 Å². The maximum Gasteiger partial charge on any atom is -0.0288 e. The number of unbranched alkanes of at least 4 members (excludes halogenated alkanes) is 1. The first-order valence-electron chi connectivity index (χ1n) is 4.75. The molecule has 0 fully saturated rings. The Labute approximate surface area is 77.4 Å². The van der Waals surface area contributed by atoms with Crippen molar-refractivity contribution >= 4 is 0 Å². The third kappa shape index (κ3) is 7.59. The number of allylic oxidation sites excluding steroid dienone is 4. The van der Waals surface area contributed by atoms with Crippen molar-refractivity contribution in [2.24, 2.45) is 0 Å². The lowest BCUT2D eigenvalue weighted by molar-refractivity contribution is 0.936. The van der Waals surface area contributed by atoms with Crippen LogP contribution in [0.3, 0.4) is 0 Å². The first kappa shape index (κ1) is 11.5. The molecular formula is C12H21. The summed E-state index contributed by atoms with van der Waals surface area (Å²) in [6.07, 6.45) is 9.11. The molecule has 0 unspecified atom stereocenters. The highest BCUT2D eigenvalue weighted by Gasteiger charge is 1.87. The molecule has 0 aliphatic carbocycles. The average Bonchev–Trinajstić information content (AvgIpc) is 2.00. The van der Waals surface area contributed by atoms with Crippen LogP contribution < -0.4 is 0 Å². The maximum atomic E-state index is 3.81. The molecule has 0 rings (SSSR count). The van der Waals surface area contributed by atoms with E-state index in [1.54, 1.807) is 0 Å². The molecule has 0 nitrogen and oxygen atoms in total. The molecule has 0 atom stereocenters. The van der Waals surface area contributed by atoms with E-state index in [0.717, 1.165) is 12.8 Å². The minimum absolute atomic E-state index is 1.01. The Balaban J connectivity index is 3.56. The SMILES string of the molecule is [CH2]CCC=C(C)CCC=C(C)C. The summed E-state index contributed by atoms with van der Waals surface area (Å²) in [7, 11) is 0. The molecule has 0 aliphatic rings. The molecule has 0 bridgehead atoms. The van der Waals surface area contributed by atoms with E-state index >= 15 is 0 Å². The second kappa shape index (κ2) is 7.15. The highest BCUT2D eigenvalue weighted by Crippen LogP contribution is 2.07. The lowest BCUT2D eigenvalue weighted by atomic mass is 10.1. The van der Waals surface area contributed by atoms with Gasteiger partial charge in [0, 0.05) is 0 Å². The van der Waals surface area contributed by atoms with Crippen LogP contribution in [-0.2, 0) is 0 Å². The van der Waals surface area contributed by atoms with Gasteiger partial charge >= 0.3 is 0 Å². The van der Waals surface area contributed by atoms with Crippen LogP contribution in [0.15, 0.2) is 23.3 Å². The molecule has 12 heavy (non-hydrogen) atoms. The van der Waals surface area contributed by atoms with Gasteiger partial charge in [-0.15, -0.1) is 0 Å². The van der Waals surface area contributed by atoms with Crippen LogP contribution in [0.2, 0.25) is 0 Å². The van der Waals surface area contributed by atoms with Gasteiger partial charge in [-0.25, -0.2) is 0 Å². The molecule has 1 radical (unpaired) electrons. The Morgan fingerprint density at radius 2 is 1.75 bits per heavy atom. The smallest absolute Gasteiger partial charge is 0.0288 e. The van der Waals surface area contributed by atoms with E-state index in [1.807, 2.05) is 0 Å². The van der Waals surface area contributed by atoms with E-state index in [2.05, 4.69) is 39.8 Å². The fourth-order valence-electron chi connectivity index (χ4n) is 1.04. The Hall–Kier alpha value is -0.520. The zero-order valence-electron chi connectivity index (χ0n) is 8.69. The summed E-state index contributed by atoms with van der Waals surface area (Å²) in [5.74, 6) is 0. The largest absolute Gasteiger partial charge is 0.0856 e. The Bertz CT molecular complexity index is 157. The monoisotopic (exact) mass is 165 g/mol. The summed E-state index contributed by atoms with van der Waals surface area (Å²) in [6, 6.07) is 0. The van der Waals surface area contributed by atoms with E-state index < -0.39 is 0 Å². The van der Waals surface area contributed by atoms with Crippen LogP contribution in [0.25, 0.3) is 0 Å². The molecule has 0 saturated heterocycles. The van der Waals surface area contributed by atoms with Gasteiger partial charge in [0.1, 0.15) is 0 Å². The van der Waals surface area contributed by atoms with Gasteiger partial charge in [0.15, 0.2) is 0 Å². The summed E-state index contributed by atoms with van der Waals surface area (Å²) < 4.78 is 0. The molecule has 69 valence electrons. The van der Waals surface area contributed by atoms with Crippen molar-refractivity contribution in [1.29, 1.82) is 0 Å². The molecule has 0 saturated carbocycles. The third-order valence-electron chi connectivity index (χ3n) is 1.79. The molecule has 0 aliphatic heterocycles. The van der Waals surface area contributed by atoms with Gasteiger partial charge in [0.2, 0.25) is 0 Å². The van der Waals surface area contributed by atoms with Crippen LogP contribution in [0, 0.1) is 6.92 Å². The van der Waals surface area contributed by atoms with E-state index in [9.17, 15) is 0 Å². The Kier molecular flexibility index (Phi) is 6.84. The summed E-state index contributed by atoms with van der Waals surface area (Å²) in [5, 5.41) is 0. The van der Waals surface area contributed by atoms with Crippen LogP contribution in [0.4, 0.5) is 0 Å².